The summed E-state index contributed by atoms with van der Waals surface area (Å²) in [4.78, 5) is 12.1. The van der Waals surface area contributed by atoms with Crippen molar-refractivity contribution >= 4 is 66.6 Å². The molecule has 0 saturated carbocycles. The van der Waals surface area contributed by atoms with E-state index >= 15 is 0 Å². The number of furan rings is 1. The van der Waals surface area contributed by atoms with Gasteiger partial charge >= 0.3 is 5.91 Å². The van der Waals surface area contributed by atoms with Gasteiger partial charge in [0.1, 0.15) is 11.3 Å². The van der Waals surface area contributed by atoms with Gasteiger partial charge in [0, 0.05) is 20.4 Å². The van der Waals surface area contributed by atoms with Gasteiger partial charge in [0.25, 0.3) is 0 Å². The molecule has 0 saturated heterocycles. The number of carbonyl (C=O) groups is 1. The van der Waals surface area contributed by atoms with Gasteiger partial charge in [0.2, 0.25) is 0 Å². The first-order valence-electron chi connectivity index (χ1n) is 6.64. The molecule has 1 amide bonds. The first-order chi connectivity index (χ1) is 11.4. The van der Waals surface area contributed by atoms with Crippen molar-refractivity contribution in [2.75, 3.05) is 0 Å². The van der Waals surface area contributed by atoms with Crippen molar-refractivity contribution in [3.8, 4) is 5.75 Å². The molecule has 0 aliphatic rings. The summed E-state index contributed by atoms with van der Waals surface area (Å²) in [6, 6.07) is 10.1. The van der Waals surface area contributed by atoms with E-state index in [1.54, 1.807) is 18.2 Å². The van der Waals surface area contributed by atoms with E-state index in [2.05, 4.69) is 42.4 Å². The number of benzene rings is 2. The number of aromatic hydroxyl groups is 1. The van der Waals surface area contributed by atoms with Crippen LogP contribution >= 0.6 is 43.5 Å². The minimum Gasteiger partial charge on any atom is -0.506 e. The van der Waals surface area contributed by atoms with E-state index in [0.29, 0.717) is 20.6 Å². The lowest BCUT2D eigenvalue weighted by Gasteiger charge is -2.02. The maximum Gasteiger partial charge on any atom is 0.307 e. The van der Waals surface area contributed by atoms with E-state index in [4.69, 9.17) is 16.0 Å². The van der Waals surface area contributed by atoms with Gasteiger partial charge in [0.15, 0.2) is 5.76 Å². The molecule has 0 unspecified atom stereocenters. The summed E-state index contributed by atoms with van der Waals surface area (Å²) in [7, 11) is 0. The number of rotatable bonds is 3. The molecule has 1 heterocycles. The highest BCUT2D eigenvalue weighted by atomic mass is 79.9. The molecule has 0 radical (unpaired) electrons. The maximum atomic E-state index is 12.1. The number of amides is 1. The fourth-order valence-corrected chi connectivity index (χ4v) is 3.24. The van der Waals surface area contributed by atoms with Crippen LogP contribution in [0.5, 0.6) is 5.75 Å². The standard InChI is InChI=1S/C16H9Br2ClN2O3/c17-10-1-2-13-8(3-10)5-14(24-13)16(23)21-20-7-9-4-11(19)6-12(18)15(9)22/h1-7,22H,(H,21,23)/b20-7+. The zero-order valence-corrected chi connectivity index (χ0v) is 15.8. The minimum atomic E-state index is -0.501. The van der Waals surface area contributed by atoms with E-state index in [9.17, 15) is 9.90 Å². The Labute approximate surface area is 158 Å². The Morgan fingerprint density at radius 1 is 1.25 bits per heavy atom. The highest BCUT2D eigenvalue weighted by Crippen LogP contribution is 2.30. The number of carbonyl (C=O) groups excluding carboxylic acids is 1. The van der Waals surface area contributed by atoms with Gasteiger partial charge in [-0.05, 0) is 52.3 Å². The second-order valence-electron chi connectivity index (χ2n) is 4.82. The van der Waals surface area contributed by atoms with Crippen LogP contribution in [0.3, 0.4) is 0 Å². The van der Waals surface area contributed by atoms with E-state index in [-0.39, 0.29) is 11.5 Å². The monoisotopic (exact) mass is 470 g/mol. The lowest BCUT2D eigenvalue weighted by atomic mass is 10.2. The third-order valence-electron chi connectivity index (χ3n) is 3.13. The lowest BCUT2D eigenvalue weighted by Crippen LogP contribution is -2.16. The third kappa shape index (κ3) is 3.63. The van der Waals surface area contributed by atoms with Crippen molar-refractivity contribution in [3.05, 3.63) is 61.7 Å². The van der Waals surface area contributed by atoms with Gasteiger partial charge in [-0.25, -0.2) is 5.43 Å². The third-order valence-corrected chi connectivity index (χ3v) is 4.45. The Bertz CT molecular complexity index is 969. The fraction of sp³-hybridized carbons (Fsp3) is 0. The lowest BCUT2D eigenvalue weighted by molar-refractivity contribution is 0.0929. The van der Waals surface area contributed by atoms with Gasteiger partial charge in [0.05, 0.1) is 10.7 Å². The Hall–Kier alpha value is -1.83. The summed E-state index contributed by atoms with van der Waals surface area (Å²) in [5, 5.41) is 14.9. The van der Waals surface area contributed by atoms with Gasteiger partial charge in [-0.3, -0.25) is 4.79 Å². The molecular formula is C16H9Br2ClN2O3. The number of nitrogens with zero attached hydrogens (tertiary/aromatic N) is 1. The Balaban J connectivity index is 1.77. The van der Waals surface area contributed by atoms with E-state index in [0.717, 1.165) is 9.86 Å². The molecule has 2 N–H and O–H groups in total. The van der Waals surface area contributed by atoms with Crippen LogP contribution in [0.1, 0.15) is 16.1 Å². The molecule has 0 aliphatic carbocycles. The summed E-state index contributed by atoms with van der Waals surface area (Å²) in [5.41, 5.74) is 3.31. The topological polar surface area (TPSA) is 74.8 Å². The Morgan fingerprint density at radius 3 is 2.83 bits per heavy atom. The molecule has 5 nitrogen and oxygen atoms in total. The van der Waals surface area contributed by atoms with Crippen LogP contribution in [0.2, 0.25) is 5.02 Å². The Kier molecular flexibility index (Phi) is 4.93. The van der Waals surface area contributed by atoms with Crippen molar-refractivity contribution in [3.63, 3.8) is 0 Å². The van der Waals surface area contributed by atoms with E-state index in [1.165, 1.54) is 12.3 Å². The number of halogens is 3. The predicted molar refractivity (Wildman–Crippen MR) is 99.8 cm³/mol. The van der Waals surface area contributed by atoms with Crippen LogP contribution in [0.25, 0.3) is 11.0 Å². The highest BCUT2D eigenvalue weighted by molar-refractivity contribution is 9.10. The zero-order chi connectivity index (χ0) is 17.3. The van der Waals surface area contributed by atoms with Crippen LogP contribution < -0.4 is 5.43 Å². The molecule has 0 bridgehead atoms. The number of hydrazone groups is 1. The van der Waals surface area contributed by atoms with Crippen LogP contribution in [-0.2, 0) is 0 Å². The zero-order valence-electron chi connectivity index (χ0n) is 11.9. The molecule has 1 aromatic heterocycles. The molecule has 0 spiro atoms. The quantitative estimate of drug-likeness (QED) is 0.412. The van der Waals surface area contributed by atoms with Crippen molar-refractivity contribution in [2.24, 2.45) is 5.10 Å². The minimum absolute atomic E-state index is 0.0222. The first-order valence-corrected chi connectivity index (χ1v) is 8.61. The van der Waals surface area contributed by atoms with Crippen molar-refractivity contribution in [2.45, 2.75) is 0 Å². The van der Waals surface area contributed by atoms with Crippen molar-refractivity contribution < 1.29 is 14.3 Å². The van der Waals surface area contributed by atoms with Crippen LogP contribution in [-0.4, -0.2) is 17.2 Å². The number of fused-ring (bicyclic) bond motifs is 1. The second-order valence-corrected chi connectivity index (χ2v) is 7.02. The number of hydrogen-bond donors (Lipinski definition) is 2. The molecular weight excluding hydrogens is 463 g/mol. The maximum absolute atomic E-state index is 12.1. The SMILES string of the molecule is O=C(N/N=C/c1cc(Cl)cc(Br)c1O)c1cc2cc(Br)ccc2o1. The fourth-order valence-electron chi connectivity index (χ4n) is 2.03. The van der Waals surface area contributed by atoms with E-state index < -0.39 is 5.91 Å². The molecule has 8 heteroatoms. The largest absolute Gasteiger partial charge is 0.506 e. The Morgan fingerprint density at radius 2 is 2.04 bits per heavy atom. The summed E-state index contributed by atoms with van der Waals surface area (Å²) in [6.07, 6.45) is 1.29. The molecule has 0 aliphatic heterocycles. The summed E-state index contributed by atoms with van der Waals surface area (Å²) >= 11 is 12.4. The second kappa shape index (κ2) is 6.96. The molecule has 122 valence electrons. The summed E-state index contributed by atoms with van der Waals surface area (Å²) in [5.74, 6) is -0.387. The van der Waals surface area contributed by atoms with Gasteiger partial charge in [-0.15, -0.1) is 0 Å². The number of phenolic OH excluding ortho intramolecular Hbond substituents is 1. The molecule has 0 atom stereocenters. The van der Waals surface area contributed by atoms with Gasteiger partial charge in [-0.2, -0.15) is 5.10 Å². The number of nitrogens with one attached hydrogen (secondary N) is 1. The van der Waals surface area contributed by atoms with Crippen LogP contribution in [0.15, 0.2) is 54.9 Å². The average molecular weight is 473 g/mol. The summed E-state index contributed by atoms with van der Waals surface area (Å²) in [6.45, 7) is 0. The molecule has 3 rings (SSSR count). The molecule has 3 aromatic rings. The normalized spacial score (nSPS) is 11.3. The van der Waals surface area contributed by atoms with Gasteiger partial charge < -0.3 is 9.52 Å². The molecule has 2 aromatic carbocycles. The van der Waals surface area contributed by atoms with E-state index in [1.807, 2.05) is 12.1 Å². The predicted octanol–water partition coefficient (Wildman–Crippen LogP) is 5.08. The van der Waals surface area contributed by atoms with Crippen molar-refractivity contribution in [1.29, 1.82) is 0 Å². The molecule has 24 heavy (non-hydrogen) atoms. The highest BCUT2D eigenvalue weighted by Gasteiger charge is 2.12. The van der Waals surface area contributed by atoms with Crippen LogP contribution in [0.4, 0.5) is 0 Å². The number of phenols is 1. The van der Waals surface area contributed by atoms with Gasteiger partial charge in [-0.1, -0.05) is 27.5 Å². The number of hydrogen-bond acceptors (Lipinski definition) is 4. The molecule has 0 fully saturated rings. The summed E-state index contributed by atoms with van der Waals surface area (Å²) < 4.78 is 6.79. The smallest absolute Gasteiger partial charge is 0.307 e. The first kappa shape index (κ1) is 17.0. The van der Waals surface area contributed by atoms with Crippen molar-refractivity contribution in [1.82, 2.24) is 5.43 Å². The van der Waals surface area contributed by atoms with Crippen LogP contribution in [0, 0.1) is 0 Å². The average Bonchev–Trinajstić information content (AvgIpc) is 2.95.